The van der Waals surface area contributed by atoms with Gasteiger partial charge in [-0.3, -0.25) is 4.79 Å². The molecule has 23 heavy (non-hydrogen) atoms. The van der Waals surface area contributed by atoms with Crippen LogP contribution in [0.3, 0.4) is 0 Å². The van der Waals surface area contributed by atoms with Gasteiger partial charge in [-0.05, 0) is 26.2 Å². The Morgan fingerprint density at radius 3 is 2.65 bits per heavy atom. The number of nitrogens with one attached hydrogen (secondary N) is 3. The van der Waals surface area contributed by atoms with Crippen LogP contribution in [0, 0.1) is 0 Å². The maximum absolute atomic E-state index is 11.8. The van der Waals surface area contributed by atoms with Crippen LogP contribution in [-0.4, -0.2) is 36.2 Å². The first-order valence-corrected chi connectivity index (χ1v) is 8.45. The molecule has 7 heteroatoms. The molecule has 1 aliphatic rings. The van der Waals surface area contributed by atoms with Crippen LogP contribution in [0.4, 0.5) is 0 Å². The molecule has 0 aromatic carbocycles. The summed E-state index contributed by atoms with van der Waals surface area (Å²) >= 11 is 0. The van der Waals surface area contributed by atoms with E-state index in [1.165, 1.54) is 0 Å². The fourth-order valence-electron chi connectivity index (χ4n) is 2.29. The fraction of sp³-hybridized carbons (Fsp3) is 0.688. The molecule has 0 atom stereocenters. The van der Waals surface area contributed by atoms with Gasteiger partial charge in [0.05, 0.1) is 18.8 Å². The largest absolute Gasteiger partial charge is 0.361 e. The molecule has 3 N–H and O–H groups in total. The average molecular weight is 321 g/mol. The molecular weight excluding hydrogens is 294 g/mol. The predicted molar refractivity (Wildman–Crippen MR) is 89.2 cm³/mol. The minimum absolute atomic E-state index is 0.00609. The highest BCUT2D eigenvalue weighted by Crippen LogP contribution is 2.18. The van der Waals surface area contributed by atoms with Crippen molar-refractivity contribution in [2.75, 3.05) is 13.1 Å². The van der Waals surface area contributed by atoms with Gasteiger partial charge in [-0.15, -0.1) is 0 Å². The van der Waals surface area contributed by atoms with Crippen LogP contribution >= 0.6 is 0 Å². The van der Waals surface area contributed by atoms with Crippen LogP contribution in [0.25, 0.3) is 0 Å². The van der Waals surface area contributed by atoms with E-state index in [1.54, 1.807) is 0 Å². The van der Waals surface area contributed by atoms with Crippen molar-refractivity contribution >= 4 is 11.9 Å². The number of aryl methyl sites for hydroxylation is 2. The molecule has 128 valence electrons. The number of nitrogens with zero attached hydrogens (tertiary/aromatic N) is 2. The predicted octanol–water partition coefficient (Wildman–Crippen LogP) is 1.13. The number of carbonyl (C=O) groups excluding carboxylic acids is 1. The van der Waals surface area contributed by atoms with E-state index in [0.717, 1.165) is 49.2 Å². The summed E-state index contributed by atoms with van der Waals surface area (Å²) < 4.78 is 5.35. The van der Waals surface area contributed by atoms with Crippen molar-refractivity contribution < 1.29 is 9.32 Å². The molecule has 2 rings (SSSR count). The molecule has 0 radical (unpaired) electrons. The number of rotatable bonds is 8. The van der Waals surface area contributed by atoms with Gasteiger partial charge < -0.3 is 20.5 Å². The fourth-order valence-corrected chi connectivity index (χ4v) is 2.29. The Morgan fingerprint density at radius 2 is 2.04 bits per heavy atom. The van der Waals surface area contributed by atoms with Crippen molar-refractivity contribution in [2.45, 2.75) is 59.0 Å². The van der Waals surface area contributed by atoms with Gasteiger partial charge in [0.15, 0.2) is 5.96 Å². The van der Waals surface area contributed by atoms with E-state index in [-0.39, 0.29) is 12.5 Å². The van der Waals surface area contributed by atoms with Crippen LogP contribution in [0.2, 0.25) is 0 Å². The summed E-state index contributed by atoms with van der Waals surface area (Å²) in [6, 6.07) is 0.375. The van der Waals surface area contributed by atoms with Gasteiger partial charge in [-0.25, -0.2) is 4.99 Å². The molecular formula is C16H27N5O2. The average Bonchev–Trinajstić information content (AvgIpc) is 3.27. The Morgan fingerprint density at radius 1 is 1.26 bits per heavy atom. The number of hydrogen-bond donors (Lipinski definition) is 3. The van der Waals surface area contributed by atoms with Gasteiger partial charge in [0.2, 0.25) is 5.91 Å². The van der Waals surface area contributed by atoms with Crippen molar-refractivity contribution in [1.29, 1.82) is 0 Å². The Hall–Kier alpha value is -2.05. The zero-order valence-corrected chi connectivity index (χ0v) is 14.2. The first kappa shape index (κ1) is 17.3. The summed E-state index contributed by atoms with van der Waals surface area (Å²) in [5.41, 5.74) is 2.00. The highest BCUT2D eigenvalue weighted by atomic mass is 16.5. The van der Waals surface area contributed by atoms with Gasteiger partial charge in [0.1, 0.15) is 5.76 Å². The molecule has 0 aliphatic heterocycles. The molecule has 1 heterocycles. The van der Waals surface area contributed by atoms with Crippen molar-refractivity contribution in [2.24, 2.45) is 4.99 Å². The summed E-state index contributed by atoms with van der Waals surface area (Å²) in [4.78, 5) is 16.3. The smallest absolute Gasteiger partial charge is 0.239 e. The summed E-state index contributed by atoms with van der Waals surface area (Å²) in [6.45, 7) is 7.55. The second-order valence-corrected chi connectivity index (χ2v) is 5.63. The van der Waals surface area contributed by atoms with Crippen molar-refractivity contribution in [3.8, 4) is 0 Å². The van der Waals surface area contributed by atoms with E-state index >= 15 is 0 Å². The highest BCUT2D eigenvalue weighted by molar-refractivity contribution is 5.86. The van der Waals surface area contributed by atoms with Crippen LogP contribution in [-0.2, 0) is 24.2 Å². The monoisotopic (exact) mass is 321 g/mol. The third-order valence-electron chi connectivity index (χ3n) is 3.71. The van der Waals surface area contributed by atoms with E-state index in [9.17, 15) is 4.79 Å². The van der Waals surface area contributed by atoms with Crippen LogP contribution in [0.5, 0.6) is 0 Å². The third kappa shape index (κ3) is 5.26. The van der Waals surface area contributed by atoms with Crippen molar-refractivity contribution in [3.05, 3.63) is 17.0 Å². The van der Waals surface area contributed by atoms with Crippen LogP contribution < -0.4 is 16.0 Å². The van der Waals surface area contributed by atoms with E-state index in [0.29, 0.717) is 18.5 Å². The number of aliphatic imine (C=N–C) groups is 1. The first-order valence-electron chi connectivity index (χ1n) is 8.45. The highest BCUT2D eigenvalue weighted by Gasteiger charge is 2.23. The van der Waals surface area contributed by atoms with Gasteiger partial charge in [0, 0.05) is 24.6 Å². The number of amides is 1. The minimum atomic E-state index is 0.00609. The summed E-state index contributed by atoms with van der Waals surface area (Å²) in [7, 11) is 0. The SMILES string of the molecule is CCNC(=NCc1c(CC)noc1CC)NCC(=O)NC1CC1. The molecule has 0 unspecified atom stereocenters. The Bertz CT molecular complexity index is 527. The maximum atomic E-state index is 11.8. The van der Waals surface area contributed by atoms with E-state index in [1.807, 2.05) is 13.8 Å². The molecule has 0 bridgehead atoms. The standard InChI is InChI=1S/C16H27N5O2/c1-4-13-12(14(5-2)23-21-13)9-18-16(17-6-3)19-10-15(22)20-11-7-8-11/h11H,4-10H2,1-3H3,(H,20,22)(H2,17,18,19). The van der Waals surface area contributed by atoms with E-state index in [2.05, 4.69) is 33.0 Å². The first-order chi connectivity index (χ1) is 11.2. The molecule has 1 aromatic rings. The zero-order valence-electron chi connectivity index (χ0n) is 14.2. The number of aromatic nitrogens is 1. The summed E-state index contributed by atoms with van der Waals surface area (Å²) in [6.07, 6.45) is 3.80. The second-order valence-electron chi connectivity index (χ2n) is 5.63. The number of guanidine groups is 1. The normalized spacial score (nSPS) is 14.7. The van der Waals surface area contributed by atoms with E-state index in [4.69, 9.17) is 4.52 Å². The van der Waals surface area contributed by atoms with E-state index < -0.39 is 0 Å². The molecule has 0 spiro atoms. The van der Waals surface area contributed by atoms with Gasteiger partial charge in [0.25, 0.3) is 0 Å². The molecule has 1 fully saturated rings. The van der Waals surface area contributed by atoms with Crippen LogP contribution in [0.15, 0.2) is 9.52 Å². The van der Waals surface area contributed by atoms with Crippen LogP contribution in [0.1, 0.15) is 50.6 Å². The molecule has 1 aromatic heterocycles. The molecule has 1 saturated carbocycles. The lowest BCUT2D eigenvalue weighted by Gasteiger charge is -2.11. The number of carbonyl (C=O) groups is 1. The lowest BCUT2D eigenvalue weighted by molar-refractivity contribution is -0.120. The quantitative estimate of drug-likeness (QED) is 0.493. The molecule has 0 saturated heterocycles. The Labute approximate surface area is 137 Å². The maximum Gasteiger partial charge on any atom is 0.239 e. The third-order valence-corrected chi connectivity index (χ3v) is 3.71. The lowest BCUT2D eigenvalue weighted by Crippen LogP contribution is -2.43. The molecule has 7 nitrogen and oxygen atoms in total. The molecule has 1 aliphatic carbocycles. The number of hydrogen-bond acceptors (Lipinski definition) is 4. The van der Waals surface area contributed by atoms with Gasteiger partial charge in [-0.1, -0.05) is 19.0 Å². The topological polar surface area (TPSA) is 91.6 Å². The Kier molecular flexibility index (Phi) is 6.43. The minimum Gasteiger partial charge on any atom is -0.361 e. The zero-order chi connectivity index (χ0) is 16.7. The van der Waals surface area contributed by atoms with Gasteiger partial charge in [-0.2, -0.15) is 0 Å². The van der Waals surface area contributed by atoms with Crippen molar-refractivity contribution in [1.82, 2.24) is 21.1 Å². The summed E-state index contributed by atoms with van der Waals surface area (Å²) in [5.74, 6) is 1.52. The summed E-state index contributed by atoms with van der Waals surface area (Å²) in [5, 5.41) is 13.3. The second kappa shape index (κ2) is 8.55. The van der Waals surface area contributed by atoms with Gasteiger partial charge >= 0.3 is 0 Å². The Balaban J connectivity index is 1.94. The van der Waals surface area contributed by atoms with Crippen molar-refractivity contribution in [3.63, 3.8) is 0 Å². The molecule has 1 amide bonds. The lowest BCUT2D eigenvalue weighted by atomic mass is 10.1.